The van der Waals surface area contributed by atoms with Crippen LogP contribution < -0.4 is 20.1 Å². The molecule has 7 nitrogen and oxygen atoms in total. The van der Waals surface area contributed by atoms with Crippen LogP contribution in [0.15, 0.2) is 24.4 Å². The molecule has 1 heterocycles. The summed E-state index contributed by atoms with van der Waals surface area (Å²) in [5, 5.41) is 6.31. The first kappa shape index (κ1) is 16.3. The van der Waals surface area contributed by atoms with Gasteiger partial charge in [0.1, 0.15) is 17.2 Å². The number of methoxy groups -OCH3 is 2. The maximum Gasteiger partial charge on any atom is 0.274 e. The lowest BCUT2D eigenvalue weighted by molar-refractivity contribution is 0.102. The van der Waals surface area contributed by atoms with E-state index in [0.29, 0.717) is 34.2 Å². The molecule has 0 radical (unpaired) electrons. The van der Waals surface area contributed by atoms with Gasteiger partial charge < -0.3 is 20.1 Å². The van der Waals surface area contributed by atoms with Gasteiger partial charge in [0.25, 0.3) is 5.91 Å². The fourth-order valence-corrected chi connectivity index (χ4v) is 2.34. The molecule has 0 spiro atoms. The zero-order valence-electron chi connectivity index (χ0n) is 13.3. The summed E-state index contributed by atoms with van der Waals surface area (Å²) >= 11 is 6.06. The third-order valence-electron chi connectivity index (χ3n) is 3.52. The van der Waals surface area contributed by atoms with Gasteiger partial charge in [-0.15, -0.1) is 0 Å². The van der Waals surface area contributed by atoms with Gasteiger partial charge in [0.05, 0.1) is 24.9 Å². The molecule has 1 aromatic heterocycles. The van der Waals surface area contributed by atoms with Gasteiger partial charge in [-0.2, -0.15) is 0 Å². The molecular weight excluding hydrogens is 332 g/mol. The second kappa shape index (κ2) is 6.92. The van der Waals surface area contributed by atoms with Crippen molar-refractivity contribution in [2.45, 2.75) is 18.9 Å². The van der Waals surface area contributed by atoms with E-state index in [1.54, 1.807) is 24.4 Å². The van der Waals surface area contributed by atoms with Crippen LogP contribution in [0.3, 0.4) is 0 Å². The number of carbonyl (C=O) groups is 1. The van der Waals surface area contributed by atoms with Crippen molar-refractivity contribution in [3.63, 3.8) is 0 Å². The summed E-state index contributed by atoms with van der Waals surface area (Å²) in [6.45, 7) is 0. The lowest BCUT2D eigenvalue weighted by Gasteiger charge is -2.13. The standard InChI is InChI=1S/C16H17ClN4O3/c1-23-13-8-12(14(24-2)7-10(13)17)20-15(22)11-5-6-18-16(21-11)19-9-3-4-9/h5-9H,3-4H2,1-2H3,(H,20,22)(H,18,19,21). The lowest BCUT2D eigenvalue weighted by Crippen LogP contribution is -2.16. The maximum atomic E-state index is 12.5. The molecule has 0 saturated heterocycles. The Morgan fingerprint density at radius 2 is 2.00 bits per heavy atom. The van der Waals surface area contributed by atoms with Crippen LogP contribution in [0.5, 0.6) is 11.5 Å². The predicted molar refractivity (Wildman–Crippen MR) is 91.2 cm³/mol. The minimum absolute atomic E-state index is 0.254. The second-order valence-corrected chi connectivity index (χ2v) is 5.73. The number of nitrogens with one attached hydrogen (secondary N) is 2. The van der Waals surface area contributed by atoms with E-state index in [1.165, 1.54) is 14.2 Å². The summed E-state index contributed by atoms with van der Waals surface area (Å²) in [6, 6.07) is 5.14. The van der Waals surface area contributed by atoms with E-state index in [2.05, 4.69) is 20.6 Å². The number of hydrogen-bond acceptors (Lipinski definition) is 6. The van der Waals surface area contributed by atoms with Gasteiger partial charge in [0.15, 0.2) is 0 Å². The Hall–Kier alpha value is -2.54. The fourth-order valence-electron chi connectivity index (χ4n) is 2.11. The van der Waals surface area contributed by atoms with Crippen molar-refractivity contribution in [1.82, 2.24) is 9.97 Å². The molecule has 0 unspecified atom stereocenters. The van der Waals surface area contributed by atoms with Crippen molar-refractivity contribution in [2.75, 3.05) is 24.9 Å². The molecule has 1 aromatic carbocycles. The van der Waals surface area contributed by atoms with E-state index in [-0.39, 0.29) is 11.6 Å². The van der Waals surface area contributed by atoms with Crippen LogP contribution in [0.4, 0.5) is 11.6 Å². The molecule has 1 amide bonds. The number of anilines is 2. The zero-order chi connectivity index (χ0) is 17.1. The van der Waals surface area contributed by atoms with Crippen molar-refractivity contribution in [3.8, 4) is 11.5 Å². The molecule has 0 atom stereocenters. The number of rotatable bonds is 6. The van der Waals surface area contributed by atoms with Crippen molar-refractivity contribution in [2.24, 2.45) is 0 Å². The third-order valence-corrected chi connectivity index (χ3v) is 3.82. The van der Waals surface area contributed by atoms with Gasteiger partial charge in [-0.05, 0) is 18.9 Å². The molecule has 0 aliphatic heterocycles. The van der Waals surface area contributed by atoms with E-state index in [9.17, 15) is 4.79 Å². The summed E-state index contributed by atoms with van der Waals surface area (Å²) in [5.74, 6) is 0.941. The number of nitrogens with zero attached hydrogens (tertiary/aromatic N) is 2. The Kier molecular flexibility index (Phi) is 4.71. The van der Waals surface area contributed by atoms with Gasteiger partial charge in [0, 0.05) is 24.4 Å². The minimum Gasteiger partial charge on any atom is -0.495 e. The first-order valence-electron chi connectivity index (χ1n) is 7.43. The highest BCUT2D eigenvalue weighted by molar-refractivity contribution is 6.32. The highest BCUT2D eigenvalue weighted by Crippen LogP contribution is 2.36. The average molecular weight is 349 g/mol. The largest absolute Gasteiger partial charge is 0.495 e. The van der Waals surface area contributed by atoms with E-state index in [0.717, 1.165) is 12.8 Å². The number of hydrogen-bond donors (Lipinski definition) is 2. The number of amides is 1. The minimum atomic E-state index is -0.376. The molecule has 0 bridgehead atoms. The maximum absolute atomic E-state index is 12.5. The van der Waals surface area contributed by atoms with Crippen LogP contribution in [-0.2, 0) is 0 Å². The molecule has 2 aromatic rings. The van der Waals surface area contributed by atoms with Crippen molar-refractivity contribution < 1.29 is 14.3 Å². The molecule has 3 rings (SSSR count). The van der Waals surface area contributed by atoms with Crippen LogP contribution in [0.1, 0.15) is 23.3 Å². The fraction of sp³-hybridized carbons (Fsp3) is 0.312. The lowest BCUT2D eigenvalue weighted by atomic mass is 10.2. The first-order valence-corrected chi connectivity index (χ1v) is 7.81. The van der Waals surface area contributed by atoms with Gasteiger partial charge in [0.2, 0.25) is 5.95 Å². The molecule has 126 valence electrons. The smallest absolute Gasteiger partial charge is 0.274 e. The van der Waals surface area contributed by atoms with E-state index < -0.39 is 0 Å². The van der Waals surface area contributed by atoms with Crippen LogP contribution in [0.25, 0.3) is 0 Å². The highest BCUT2D eigenvalue weighted by Gasteiger charge is 2.22. The predicted octanol–water partition coefficient (Wildman–Crippen LogP) is 2.97. The highest BCUT2D eigenvalue weighted by atomic mass is 35.5. The van der Waals surface area contributed by atoms with E-state index in [4.69, 9.17) is 21.1 Å². The summed E-state index contributed by atoms with van der Waals surface area (Å²) in [6.07, 6.45) is 3.75. The van der Waals surface area contributed by atoms with Crippen LogP contribution in [0, 0.1) is 0 Å². The quantitative estimate of drug-likeness (QED) is 0.834. The summed E-state index contributed by atoms with van der Waals surface area (Å²) in [7, 11) is 3.00. The van der Waals surface area contributed by atoms with Crippen molar-refractivity contribution >= 4 is 29.1 Å². The number of aromatic nitrogens is 2. The van der Waals surface area contributed by atoms with Crippen molar-refractivity contribution in [1.29, 1.82) is 0 Å². The van der Waals surface area contributed by atoms with Gasteiger partial charge in [-0.1, -0.05) is 11.6 Å². The zero-order valence-corrected chi connectivity index (χ0v) is 14.1. The molecule has 1 aliphatic carbocycles. The van der Waals surface area contributed by atoms with Gasteiger partial charge in [-0.3, -0.25) is 4.79 Å². The van der Waals surface area contributed by atoms with E-state index >= 15 is 0 Å². The molecule has 1 aliphatic rings. The number of halogens is 1. The molecule has 1 saturated carbocycles. The average Bonchev–Trinajstić information content (AvgIpc) is 3.40. The van der Waals surface area contributed by atoms with E-state index in [1.807, 2.05) is 0 Å². The number of carbonyl (C=O) groups excluding carboxylic acids is 1. The molecule has 1 fully saturated rings. The topological polar surface area (TPSA) is 85.4 Å². The second-order valence-electron chi connectivity index (χ2n) is 5.33. The molecule has 8 heteroatoms. The Morgan fingerprint density at radius 1 is 1.25 bits per heavy atom. The van der Waals surface area contributed by atoms with Gasteiger partial charge >= 0.3 is 0 Å². The summed E-state index contributed by atoms with van der Waals surface area (Å²) in [5.41, 5.74) is 0.697. The van der Waals surface area contributed by atoms with Crippen LogP contribution >= 0.6 is 11.6 Å². The first-order chi connectivity index (χ1) is 11.6. The number of ether oxygens (including phenoxy) is 2. The normalized spacial score (nSPS) is 13.3. The molecule has 2 N–H and O–H groups in total. The Balaban J connectivity index is 1.81. The van der Waals surface area contributed by atoms with Crippen molar-refractivity contribution in [3.05, 3.63) is 35.1 Å². The van der Waals surface area contributed by atoms with Crippen LogP contribution in [-0.4, -0.2) is 36.1 Å². The monoisotopic (exact) mass is 348 g/mol. The number of benzene rings is 1. The van der Waals surface area contributed by atoms with Crippen LogP contribution in [0.2, 0.25) is 5.02 Å². The Bertz CT molecular complexity index is 765. The molecule has 24 heavy (non-hydrogen) atoms. The Labute approximate surface area is 144 Å². The van der Waals surface area contributed by atoms with Gasteiger partial charge in [-0.25, -0.2) is 9.97 Å². The Morgan fingerprint density at radius 3 is 2.67 bits per heavy atom. The summed E-state index contributed by atoms with van der Waals surface area (Å²) in [4.78, 5) is 20.8. The summed E-state index contributed by atoms with van der Waals surface area (Å²) < 4.78 is 10.4. The molecular formula is C16H17ClN4O3. The SMILES string of the molecule is COc1cc(NC(=O)c2ccnc(NC3CC3)n2)c(OC)cc1Cl. The third kappa shape index (κ3) is 3.68.